The number of hydrogen-bond acceptors (Lipinski definition) is 5. The summed E-state index contributed by atoms with van der Waals surface area (Å²) in [4.78, 5) is 17.4. The van der Waals surface area contributed by atoms with Crippen molar-refractivity contribution in [2.24, 2.45) is 0 Å². The number of benzene rings is 3. The normalized spacial score (nSPS) is 14.1. The van der Waals surface area contributed by atoms with Crippen molar-refractivity contribution >= 4 is 27.3 Å². The minimum atomic E-state index is -3.71. The fourth-order valence-corrected chi connectivity index (χ4v) is 5.19. The van der Waals surface area contributed by atoms with Crippen LogP contribution in [-0.4, -0.2) is 52.5 Å². The second-order valence-electron chi connectivity index (χ2n) is 8.40. The molecular weight excluding hydrogens is 450 g/mol. The first-order chi connectivity index (χ1) is 16.3. The zero-order valence-electron chi connectivity index (χ0n) is 19.6. The molecule has 3 aromatic carbocycles. The van der Waals surface area contributed by atoms with Gasteiger partial charge in [-0.1, -0.05) is 29.8 Å². The number of rotatable bonds is 6. The highest BCUT2D eigenvalue weighted by Gasteiger charge is 2.24. The van der Waals surface area contributed by atoms with Crippen LogP contribution in [0.2, 0.25) is 0 Å². The van der Waals surface area contributed by atoms with Crippen molar-refractivity contribution in [2.45, 2.75) is 18.7 Å². The van der Waals surface area contributed by atoms with Gasteiger partial charge >= 0.3 is 0 Å². The number of anilines is 2. The monoisotopic (exact) mass is 479 g/mol. The number of nitrogens with zero attached hydrogens (tertiary/aromatic N) is 2. The van der Waals surface area contributed by atoms with E-state index < -0.39 is 10.0 Å². The van der Waals surface area contributed by atoms with Crippen LogP contribution in [0.15, 0.2) is 71.6 Å². The number of amides is 1. The summed E-state index contributed by atoms with van der Waals surface area (Å²) >= 11 is 0. The molecule has 0 radical (unpaired) electrons. The van der Waals surface area contributed by atoms with Gasteiger partial charge in [-0.15, -0.1) is 0 Å². The highest BCUT2D eigenvalue weighted by molar-refractivity contribution is 7.92. The zero-order valence-corrected chi connectivity index (χ0v) is 20.4. The number of carbonyl (C=O) groups excluding carboxylic acids is 1. The van der Waals surface area contributed by atoms with E-state index in [-0.39, 0.29) is 10.8 Å². The Hall–Kier alpha value is -3.52. The van der Waals surface area contributed by atoms with E-state index in [1.165, 1.54) is 0 Å². The summed E-state index contributed by atoms with van der Waals surface area (Å²) in [6.07, 6.45) is 0. The number of carbonyl (C=O) groups is 1. The smallest absolute Gasteiger partial charge is 0.261 e. The van der Waals surface area contributed by atoms with Crippen molar-refractivity contribution in [1.82, 2.24) is 4.90 Å². The van der Waals surface area contributed by atoms with E-state index in [0.29, 0.717) is 43.0 Å². The third-order valence-corrected chi connectivity index (χ3v) is 7.42. The van der Waals surface area contributed by atoms with E-state index in [1.54, 1.807) is 56.5 Å². The third kappa shape index (κ3) is 5.02. The van der Waals surface area contributed by atoms with Crippen LogP contribution in [0.4, 0.5) is 11.4 Å². The van der Waals surface area contributed by atoms with Gasteiger partial charge < -0.3 is 14.5 Å². The molecule has 0 unspecified atom stereocenters. The van der Waals surface area contributed by atoms with Gasteiger partial charge in [-0.25, -0.2) is 8.42 Å². The van der Waals surface area contributed by atoms with E-state index in [2.05, 4.69) is 9.62 Å². The number of para-hydroxylation sites is 2. The Labute approximate surface area is 201 Å². The number of methoxy groups -OCH3 is 1. The average Bonchev–Trinajstić information content (AvgIpc) is 2.85. The lowest BCUT2D eigenvalue weighted by molar-refractivity contribution is 0.0746. The van der Waals surface area contributed by atoms with E-state index in [1.807, 2.05) is 36.1 Å². The van der Waals surface area contributed by atoms with Crippen molar-refractivity contribution in [3.63, 3.8) is 0 Å². The molecule has 178 valence electrons. The van der Waals surface area contributed by atoms with Crippen LogP contribution in [0.25, 0.3) is 0 Å². The molecule has 1 amide bonds. The molecule has 1 saturated heterocycles. The predicted octanol–water partition coefficient (Wildman–Crippen LogP) is 4.08. The molecule has 0 spiro atoms. The molecule has 1 fully saturated rings. The first-order valence-corrected chi connectivity index (χ1v) is 12.6. The molecule has 1 aliphatic rings. The Morgan fingerprint density at radius 2 is 1.59 bits per heavy atom. The number of hydrogen-bond donors (Lipinski definition) is 1. The molecule has 4 rings (SSSR count). The number of aryl methyl sites for hydroxylation is 2. The molecule has 0 aromatic heterocycles. The van der Waals surface area contributed by atoms with Gasteiger partial charge in [0.1, 0.15) is 5.75 Å². The van der Waals surface area contributed by atoms with Gasteiger partial charge in [-0.2, -0.15) is 0 Å². The van der Waals surface area contributed by atoms with Crippen molar-refractivity contribution in [3.8, 4) is 5.75 Å². The molecule has 7 nitrogen and oxygen atoms in total. The van der Waals surface area contributed by atoms with Gasteiger partial charge in [0.25, 0.3) is 15.9 Å². The molecule has 34 heavy (non-hydrogen) atoms. The third-order valence-electron chi connectivity index (χ3n) is 6.04. The van der Waals surface area contributed by atoms with Crippen LogP contribution < -0.4 is 14.4 Å². The quantitative estimate of drug-likeness (QED) is 0.577. The van der Waals surface area contributed by atoms with Crippen LogP contribution in [0, 0.1) is 13.8 Å². The standard InChI is InChI=1S/C26H29N3O4S/c1-19-8-11-22(12-9-19)34(31,32)27-23-13-10-21(18-20(23)2)26(30)29-16-14-28(15-17-29)24-6-4-5-7-25(24)33-3/h4-13,18,27H,14-17H2,1-3H3. The Morgan fingerprint density at radius 3 is 2.24 bits per heavy atom. The van der Waals surface area contributed by atoms with E-state index in [4.69, 9.17) is 4.74 Å². The van der Waals surface area contributed by atoms with Crippen LogP contribution in [0.5, 0.6) is 5.75 Å². The fraction of sp³-hybridized carbons (Fsp3) is 0.269. The van der Waals surface area contributed by atoms with E-state index >= 15 is 0 Å². The summed E-state index contributed by atoms with van der Waals surface area (Å²) < 4.78 is 33.5. The van der Waals surface area contributed by atoms with E-state index in [9.17, 15) is 13.2 Å². The number of ether oxygens (including phenoxy) is 1. The maximum atomic E-state index is 13.1. The molecule has 0 bridgehead atoms. The van der Waals surface area contributed by atoms with Gasteiger partial charge in [0.2, 0.25) is 0 Å². The Bertz CT molecular complexity index is 1280. The maximum absolute atomic E-state index is 13.1. The first kappa shape index (κ1) is 23.6. The molecule has 1 aliphatic heterocycles. The lowest BCUT2D eigenvalue weighted by Crippen LogP contribution is -2.48. The summed E-state index contributed by atoms with van der Waals surface area (Å²) in [6, 6.07) is 19.6. The largest absolute Gasteiger partial charge is 0.495 e. The lowest BCUT2D eigenvalue weighted by Gasteiger charge is -2.36. The Kier molecular flexibility index (Phi) is 6.79. The molecule has 1 heterocycles. The van der Waals surface area contributed by atoms with E-state index in [0.717, 1.165) is 17.0 Å². The van der Waals surface area contributed by atoms with Gasteiger partial charge in [-0.05, 0) is 61.9 Å². The summed E-state index contributed by atoms with van der Waals surface area (Å²) in [5, 5.41) is 0. The molecule has 0 saturated carbocycles. The van der Waals surface area contributed by atoms with Gasteiger partial charge in [0.15, 0.2) is 0 Å². The minimum absolute atomic E-state index is 0.0595. The van der Waals surface area contributed by atoms with Crippen molar-refractivity contribution < 1.29 is 17.9 Å². The summed E-state index contributed by atoms with van der Waals surface area (Å²) in [7, 11) is -2.05. The van der Waals surface area contributed by atoms with Crippen molar-refractivity contribution in [2.75, 3.05) is 42.9 Å². The lowest BCUT2D eigenvalue weighted by atomic mass is 10.1. The van der Waals surface area contributed by atoms with Crippen LogP contribution >= 0.6 is 0 Å². The molecule has 8 heteroatoms. The second-order valence-corrected chi connectivity index (χ2v) is 10.1. The second kappa shape index (κ2) is 9.77. The fourth-order valence-electron chi connectivity index (χ4n) is 4.06. The van der Waals surface area contributed by atoms with Crippen molar-refractivity contribution in [1.29, 1.82) is 0 Å². The van der Waals surface area contributed by atoms with Crippen LogP contribution in [-0.2, 0) is 10.0 Å². The number of nitrogens with one attached hydrogen (secondary N) is 1. The molecule has 0 atom stereocenters. The number of piperazine rings is 1. The number of sulfonamides is 1. The molecule has 0 aliphatic carbocycles. The topological polar surface area (TPSA) is 79.0 Å². The molecular formula is C26H29N3O4S. The van der Waals surface area contributed by atoms with Crippen LogP contribution in [0.1, 0.15) is 21.5 Å². The van der Waals surface area contributed by atoms with Gasteiger partial charge in [0, 0.05) is 31.7 Å². The predicted molar refractivity (Wildman–Crippen MR) is 134 cm³/mol. The summed E-state index contributed by atoms with van der Waals surface area (Å²) in [6.45, 7) is 6.31. The Morgan fingerprint density at radius 1 is 0.912 bits per heavy atom. The summed E-state index contributed by atoms with van der Waals surface area (Å²) in [5.74, 6) is 0.761. The molecule has 1 N–H and O–H groups in total. The average molecular weight is 480 g/mol. The first-order valence-electron chi connectivity index (χ1n) is 11.2. The SMILES string of the molecule is COc1ccccc1N1CCN(C(=O)c2ccc(NS(=O)(=O)c3ccc(C)cc3)c(C)c2)CC1. The minimum Gasteiger partial charge on any atom is -0.495 e. The zero-order chi connectivity index (χ0) is 24.3. The highest BCUT2D eigenvalue weighted by Crippen LogP contribution is 2.29. The Balaban J connectivity index is 1.43. The summed E-state index contributed by atoms with van der Waals surface area (Å²) in [5.41, 5.74) is 3.70. The van der Waals surface area contributed by atoms with Gasteiger partial charge in [0.05, 0.1) is 23.4 Å². The van der Waals surface area contributed by atoms with Crippen molar-refractivity contribution in [3.05, 3.63) is 83.4 Å². The highest BCUT2D eigenvalue weighted by atomic mass is 32.2. The van der Waals surface area contributed by atoms with Crippen LogP contribution in [0.3, 0.4) is 0 Å². The van der Waals surface area contributed by atoms with Gasteiger partial charge in [-0.3, -0.25) is 9.52 Å². The molecule has 3 aromatic rings. The maximum Gasteiger partial charge on any atom is 0.261 e.